The van der Waals surface area contributed by atoms with Crippen LogP contribution in [0.5, 0.6) is 11.5 Å². The first-order valence-corrected chi connectivity index (χ1v) is 8.77. The molecule has 2 aliphatic rings. The summed E-state index contributed by atoms with van der Waals surface area (Å²) in [7, 11) is 1.27. The molecule has 1 aliphatic heterocycles. The van der Waals surface area contributed by atoms with Gasteiger partial charge in [0.15, 0.2) is 11.5 Å². The highest BCUT2D eigenvalue weighted by Crippen LogP contribution is 2.37. The average molecular weight is 402 g/mol. The minimum absolute atomic E-state index is 0.0230. The zero-order valence-electron chi connectivity index (χ0n) is 14.5. The van der Waals surface area contributed by atoms with Crippen LogP contribution in [0.25, 0.3) is 0 Å². The quantitative estimate of drug-likeness (QED) is 0.604. The summed E-state index contributed by atoms with van der Waals surface area (Å²) in [5, 5.41) is 7.37. The van der Waals surface area contributed by atoms with E-state index < -0.39 is 18.2 Å². The first-order valence-electron chi connectivity index (χ1n) is 8.39. The minimum Gasteiger partial charge on any atom is -0.493 e. The van der Waals surface area contributed by atoms with Crippen molar-refractivity contribution in [1.29, 1.82) is 0 Å². The number of carbonyl (C=O) groups is 2. The summed E-state index contributed by atoms with van der Waals surface area (Å²) in [5.74, 6) is -0.716. The molecule has 27 heavy (non-hydrogen) atoms. The summed E-state index contributed by atoms with van der Waals surface area (Å²) in [6.07, 6.45) is 5.16. The van der Waals surface area contributed by atoms with E-state index in [-0.39, 0.29) is 22.4 Å². The van der Waals surface area contributed by atoms with Crippen molar-refractivity contribution in [3.05, 3.63) is 22.7 Å². The number of urea groups is 1. The van der Waals surface area contributed by atoms with Crippen molar-refractivity contribution in [3.63, 3.8) is 0 Å². The van der Waals surface area contributed by atoms with Gasteiger partial charge in [-0.1, -0.05) is 30.9 Å². The van der Waals surface area contributed by atoms with Crippen LogP contribution in [0.15, 0.2) is 17.2 Å². The third-order valence-electron chi connectivity index (χ3n) is 4.63. The Kier molecular flexibility index (Phi) is 5.50. The number of imide groups is 1. The van der Waals surface area contributed by atoms with Crippen LogP contribution in [0.4, 0.5) is 13.6 Å². The van der Waals surface area contributed by atoms with E-state index in [0.717, 1.165) is 24.3 Å². The predicted octanol–water partition coefficient (Wildman–Crippen LogP) is 3.54. The number of hydrazone groups is 1. The van der Waals surface area contributed by atoms with Gasteiger partial charge in [0.25, 0.3) is 5.91 Å². The van der Waals surface area contributed by atoms with Gasteiger partial charge >= 0.3 is 12.6 Å². The highest BCUT2D eigenvalue weighted by atomic mass is 35.5. The molecule has 1 aromatic carbocycles. The SMILES string of the molecule is COc1cc(/C=N\N2C(=O)NC3(CCCCC3)C2=O)cc(Cl)c1OC(F)F. The monoisotopic (exact) mass is 401 g/mol. The molecule has 0 aromatic heterocycles. The zero-order valence-corrected chi connectivity index (χ0v) is 15.3. The summed E-state index contributed by atoms with van der Waals surface area (Å²) >= 11 is 5.97. The summed E-state index contributed by atoms with van der Waals surface area (Å²) in [4.78, 5) is 24.8. The molecule has 0 bridgehead atoms. The van der Waals surface area contributed by atoms with Gasteiger partial charge in [-0.3, -0.25) is 4.79 Å². The standard InChI is InChI=1S/C17H18ClF2N3O4/c1-26-12-8-10(7-11(18)13(12)27-15(19)20)9-21-23-14(24)17(22-16(23)25)5-3-2-4-6-17/h7-9,15H,2-6H2,1H3,(H,22,25)/b21-9-. The smallest absolute Gasteiger partial charge is 0.387 e. The van der Waals surface area contributed by atoms with Crippen LogP contribution in [0.2, 0.25) is 5.02 Å². The molecule has 0 radical (unpaired) electrons. The number of nitrogens with one attached hydrogen (secondary N) is 1. The molecule has 1 spiro atoms. The number of hydrogen-bond donors (Lipinski definition) is 1. The lowest BCUT2D eigenvalue weighted by Gasteiger charge is -2.29. The molecule has 2 fully saturated rings. The van der Waals surface area contributed by atoms with Crippen LogP contribution in [-0.4, -0.2) is 42.4 Å². The third-order valence-corrected chi connectivity index (χ3v) is 4.91. The largest absolute Gasteiger partial charge is 0.493 e. The number of ether oxygens (including phenoxy) is 2. The molecule has 1 saturated heterocycles. The second-order valence-electron chi connectivity index (χ2n) is 6.35. The first kappa shape index (κ1) is 19.3. The van der Waals surface area contributed by atoms with Crippen LogP contribution < -0.4 is 14.8 Å². The summed E-state index contributed by atoms with van der Waals surface area (Å²) in [5.41, 5.74) is -0.527. The number of nitrogens with zero attached hydrogens (tertiary/aromatic N) is 2. The van der Waals surface area contributed by atoms with Crippen molar-refractivity contribution in [2.75, 3.05) is 7.11 Å². The lowest BCUT2D eigenvalue weighted by atomic mass is 9.82. The van der Waals surface area contributed by atoms with Gasteiger partial charge in [-0.25, -0.2) is 4.79 Å². The van der Waals surface area contributed by atoms with Gasteiger partial charge < -0.3 is 14.8 Å². The fourth-order valence-corrected chi connectivity index (χ4v) is 3.61. The number of methoxy groups -OCH3 is 1. The van der Waals surface area contributed by atoms with Crippen LogP contribution in [0, 0.1) is 0 Å². The zero-order chi connectivity index (χ0) is 19.6. The fourth-order valence-electron chi connectivity index (χ4n) is 3.35. The molecule has 1 saturated carbocycles. The van der Waals surface area contributed by atoms with Crippen molar-refractivity contribution in [2.45, 2.75) is 44.3 Å². The van der Waals surface area contributed by atoms with Gasteiger partial charge in [0.2, 0.25) is 0 Å². The van der Waals surface area contributed by atoms with Gasteiger partial charge in [-0.15, -0.1) is 5.01 Å². The van der Waals surface area contributed by atoms with Crippen molar-refractivity contribution < 1.29 is 27.8 Å². The molecular formula is C17H18ClF2N3O4. The number of rotatable bonds is 5. The van der Waals surface area contributed by atoms with E-state index >= 15 is 0 Å². The molecule has 146 valence electrons. The first-order chi connectivity index (χ1) is 12.9. The maximum absolute atomic E-state index is 12.7. The molecule has 10 heteroatoms. The number of halogens is 3. The molecule has 0 unspecified atom stereocenters. The lowest BCUT2D eigenvalue weighted by Crippen LogP contribution is -2.48. The number of carbonyl (C=O) groups excluding carboxylic acids is 2. The topological polar surface area (TPSA) is 80.2 Å². The number of alkyl halides is 2. The van der Waals surface area contributed by atoms with E-state index in [1.54, 1.807) is 0 Å². The molecule has 7 nitrogen and oxygen atoms in total. The molecule has 3 rings (SSSR count). The van der Waals surface area contributed by atoms with Gasteiger partial charge in [-0.2, -0.15) is 13.9 Å². The van der Waals surface area contributed by atoms with Crippen LogP contribution >= 0.6 is 11.6 Å². The van der Waals surface area contributed by atoms with E-state index in [0.29, 0.717) is 18.4 Å². The summed E-state index contributed by atoms with van der Waals surface area (Å²) < 4.78 is 34.3. The second-order valence-corrected chi connectivity index (χ2v) is 6.75. The van der Waals surface area contributed by atoms with E-state index in [1.807, 2.05) is 0 Å². The average Bonchev–Trinajstić information content (AvgIpc) is 2.85. The third kappa shape index (κ3) is 3.83. The van der Waals surface area contributed by atoms with Crippen molar-refractivity contribution in [1.82, 2.24) is 10.3 Å². The molecule has 1 N–H and O–H groups in total. The van der Waals surface area contributed by atoms with Crippen LogP contribution in [0.1, 0.15) is 37.7 Å². The maximum Gasteiger partial charge on any atom is 0.387 e. The van der Waals surface area contributed by atoms with E-state index in [1.165, 1.54) is 25.5 Å². The Balaban J connectivity index is 1.82. The number of hydrogen-bond acceptors (Lipinski definition) is 5. The van der Waals surface area contributed by atoms with Gasteiger partial charge in [0, 0.05) is 0 Å². The van der Waals surface area contributed by atoms with Crippen molar-refractivity contribution >= 4 is 29.8 Å². The Morgan fingerprint density at radius 2 is 2.00 bits per heavy atom. The van der Waals surface area contributed by atoms with Gasteiger partial charge in [0.1, 0.15) is 5.54 Å². The van der Waals surface area contributed by atoms with Crippen LogP contribution in [0.3, 0.4) is 0 Å². The fraction of sp³-hybridized carbons (Fsp3) is 0.471. The normalized spacial score (nSPS) is 19.2. The van der Waals surface area contributed by atoms with E-state index in [4.69, 9.17) is 16.3 Å². The van der Waals surface area contributed by atoms with Gasteiger partial charge in [0.05, 0.1) is 18.3 Å². The second kappa shape index (κ2) is 7.67. The summed E-state index contributed by atoms with van der Waals surface area (Å²) in [6.45, 7) is -3.06. The van der Waals surface area contributed by atoms with Gasteiger partial charge in [-0.05, 0) is 30.5 Å². The Morgan fingerprint density at radius 1 is 1.30 bits per heavy atom. The molecule has 3 amide bonds. The molecule has 1 heterocycles. The molecule has 1 aliphatic carbocycles. The minimum atomic E-state index is -3.06. The maximum atomic E-state index is 12.7. The number of benzene rings is 1. The Morgan fingerprint density at radius 3 is 2.63 bits per heavy atom. The van der Waals surface area contributed by atoms with Crippen molar-refractivity contribution in [2.24, 2.45) is 5.10 Å². The van der Waals surface area contributed by atoms with E-state index in [2.05, 4.69) is 15.2 Å². The Labute approximate surface area is 159 Å². The number of amides is 3. The highest BCUT2D eigenvalue weighted by molar-refractivity contribution is 6.32. The van der Waals surface area contributed by atoms with E-state index in [9.17, 15) is 18.4 Å². The Bertz CT molecular complexity index is 782. The Hall–Kier alpha value is -2.42. The van der Waals surface area contributed by atoms with Crippen molar-refractivity contribution in [3.8, 4) is 11.5 Å². The molecular weight excluding hydrogens is 384 g/mol. The predicted molar refractivity (Wildman–Crippen MR) is 93.4 cm³/mol. The molecule has 1 aromatic rings. The summed E-state index contributed by atoms with van der Waals surface area (Å²) in [6, 6.07) is 2.09. The highest BCUT2D eigenvalue weighted by Gasteiger charge is 2.51. The van der Waals surface area contributed by atoms with Crippen LogP contribution in [-0.2, 0) is 4.79 Å². The molecule has 0 atom stereocenters. The lowest BCUT2D eigenvalue weighted by molar-refractivity contribution is -0.132.